The van der Waals surface area contributed by atoms with Gasteiger partial charge in [0, 0.05) is 37.5 Å². The molecule has 9 heteroatoms. The van der Waals surface area contributed by atoms with Crippen LogP contribution in [0.15, 0.2) is 28.9 Å². The second kappa shape index (κ2) is 7.67. The first-order chi connectivity index (χ1) is 13.3. The smallest absolute Gasteiger partial charge is 0.330 e. The van der Waals surface area contributed by atoms with Gasteiger partial charge in [0.05, 0.1) is 6.10 Å². The first-order valence-corrected chi connectivity index (χ1v) is 9.20. The Hall–Kier alpha value is -2.81. The molecule has 1 amide bonds. The minimum absolute atomic E-state index is 0.0360. The van der Waals surface area contributed by atoms with Gasteiger partial charge < -0.3 is 19.7 Å². The number of pyridine rings is 1. The zero-order valence-electron chi connectivity index (χ0n) is 16.1. The van der Waals surface area contributed by atoms with E-state index >= 15 is 0 Å². The van der Waals surface area contributed by atoms with E-state index in [1.165, 1.54) is 0 Å². The summed E-state index contributed by atoms with van der Waals surface area (Å²) < 4.78 is 10.8. The van der Waals surface area contributed by atoms with Gasteiger partial charge in [0.2, 0.25) is 17.6 Å². The summed E-state index contributed by atoms with van der Waals surface area (Å²) in [5.41, 5.74) is -1.50. The molecule has 1 aliphatic rings. The fraction of sp³-hybridized carbons (Fsp3) is 0.526. The summed E-state index contributed by atoms with van der Waals surface area (Å²) in [6, 6.07) is 5.35. The number of carbonyl (C=O) groups excluding carboxylic acids is 1. The van der Waals surface area contributed by atoms with Crippen LogP contribution in [0.3, 0.4) is 0 Å². The third-order valence-corrected chi connectivity index (χ3v) is 5.41. The highest BCUT2D eigenvalue weighted by atomic mass is 16.5. The minimum atomic E-state index is -1.35. The fourth-order valence-electron chi connectivity index (χ4n) is 3.51. The Balaban J connectivity index is 1.61. The second-order valence-electron chi connectivity index (χ2n) is 7.36. The molecule has 2 aromatic heterocycles. The number of nitrogens with one attached hydrogen (secondary N) is 1. The lowest BCUT2D eigenvalue weighted by atomic mass is 9.54. The zero-order chi connectivity index (χ0) is 20.4. The number of hydrogen-bond donors (Lipinski definition) is 2. The van der Waals surface area contributed by atoms with Crippen molar-refractivity contribution in [1.29, 1.82) is 0 Å². The van der Waals surface area contributed by atoms with Crippen molar-refractivity contribution in [2.45, 2.75) is 51.7 Å². The molecule has 2 atom stereocenters. The highest BCUT2D eigenvalue weighted by molar-refractivity contribution is 5.89. The van der Waals surface area contributed by atoms with Crippen molar-refractivity contribution in [3.05, 3.63) is 30.3 Å². The molecule has 0 spiro atoms. The van der Waals surface area contributed by atoms with Gasteiger partial charge in [0.25, 0.3) is 0 Å². The number of amides is 1. The van der Waals surface area contributed by atoms with E-state index < -0.39 is 16.9 Å². The number of carboxylic acids is 1. The number of aromatic nitrogens is 3. The van der Waals surface area contributed by atoms with Gasteiger partial charge in [0.15, 0.2) is 0 Å². The summed E-state index contributed by atoms with van der Waals surface area (Å²) >= 11 is 0. The van der Waals surface area contributed by atoms with E-state index in [2.05, 4.69) is 20.4 Å². The molecule has 0 bridgehead atoms. The lowest BCUT2D eigenvalue weighted by molar-refractivity contribution is -0.194. The van der Waals surface area contributed by atoms with Gasteiger partial charge in [-0.25, -0.2) is 4.79 Å². The van der Waals surface area contributed by atoms with Crippen molar-refractivity contribution >= 4 is 11.9 Å². The molecule has 2 N–H and O–H groups in total. The van der Waals surface area contributed by atoms with Crippen LogP contribution in [0, 0.1) is 5.41 Å². The quantitative estimate of drug-likeness (QED) is 0.701. The highest BCUT2D eigenvalue weighted by Crippen LogP contribution is 2.51. The van der Waals surface area contributed by atoms with Gasteiger partial charge in [-0.15, -0.1) is 0 Å². The number of nitrogens with zero attached hydrogens (tertiary/aromatic N) is 3. The standard InChI is InChI=1S/C19H24N4O5/c1-4-27-13-11-19(17(25)26,18(13,2)3)22-14(24)8-9-15-21-16(23-28-15)12-7-5-6-10-20-12/h5-7,10,13H,4,8-9,11H2,1-3H3,(H,22,24)(H,25,26). The lowest BCUT2D eigenvalue weighted by Gasteiger charge is -2.58. The molecular weight excluding hydrogens is 364 g/mol. The fourth-order valence-corrected chi connectivity index (χ4v) is 3.51. The van der Waals surface area contributed by atoms with E-state index in [0.29, 0.717) is 24.0 Å². The predicted molar refractivity (Wildman–Crippen MR) is 98.2 cm³/mol. The van der Waals surface area contributed by atoms with E-state index in [4.69, 9.17) is 9.26 Å². The lowest BCUT2D eigenvalue weighted by Crippen LogP contribution is -2.76. The van der Waals surface area contributed by atoms with Crippen LogP contribution in [0.25, 0.3) is 11.5 Å². The maximum atomic E-state index is 12.4. The van der Waals surface area contributed by atoms with Gasteiger partial charge in [-0.1, -0.05) is 25.1 Å². The van der Waals surface area contributed by atoms with Crippen molar-refractivity contribution in [2.24, 2.45) is 5.41 Å². The number of carboxylic acid groups (broad SMARTS) is 1. The number of ether oxygens (including phenoxy) is 1. The molecule has 150 valence electrons. The Bertz CT molecular complexity index is 851. The largest absolute Gasteiger partial charge is 0.479 e. The summed E-state index contributed by atoms with van der Waals surface area (Å²) in [6.45, 7) is 5.94. The molecule has 2 heterocycles. The van der Waals surface area contributed by atoms with Crippen LogP contribution >= 0.6 is 0 Å². The van der Waals surface area contributed by atoms with Gasteiger partial charge in [-0.05, 0) is 19.1 Å². The SMILES string of the molecule is CCOC1CC(NC(=O)CCc2nc(-c3ccccn3)no2)(C(=O)O)C1(C)C. The Morgan fingerprint density at radius 2 is 2.18 bits per heavy atom. The van der Waals surface area contributed by atoms with E-state index in [1.807, 2.05) is 13.0 Å². The summed E-state index contributed by atoms with van der Waals surface area (Å²) in [6.07, 6.45) is 1.88. The van der Waals surface area contributed by atoms with Crippen LogP contribution in [-0.2, 0) is 20.7 Å². The molecule has 1 fully saturated rings. The van der Waals surface area contributed by atoms with Gasteiger partial charge in [0.1, 0.15) is 11.2 Å². The molecule has 1 saturated carbocycles. The Labute approximate surface area is 162 Å². The molecule has 2 aromatic rings. The van der Waals surface area contributed by atoms with Crippen LogP contribution in [0.5, 0.6) is 0 Å². The van der Waals surface area contributed by atoms with Gasteiger partial charge >= 0.3 is 5.97 Å². The Morgan fingerprint density at radius 3 is 2.79 bits per heavy atom. The monoisotopic (exact) mass is 388 g/mol. The average molecular weight is 388 g/mol. The third-order valence-electron chi connectivity index (χ3n) is 5.41. The number of hydrogen-bond acceptors (Lipinski definition) is 7. The number of aliphatic carboxylic acids is 1. The maximum absolute atomic E-state index is 12.4. The van der Waals surface area contributed by atoms with Gasteiger partial charge in [-0.3, -0.25) is 9.78 Å². The molecule has 0 radical (unpaired) electrons. The molecule has 2 unspecified atom stereocenters. The molecular formula is C19H24N4O5. The van der Waals surface area contributed by atoms with Crippen molar-refractivity contribution in [3.8, 4) is 11.5 Å². The summed E-state index contributed by atoms with van der Waals surface area (Å²) in [4.78, 5) is 32.7. The molecule has 1 aliphatic carbocycles. The predicted octanol–water partition coefficient (Wildman–Crippen LogP) is 1.84. The van der Waals surface area contributed by atoms with Crippen LogP contribution in [-0.4, -0.2) is 50.4 Å². The molecule has 0 aromatic carbocycles. The highest BCUT2D eigenvalue weighted by Gasteiger charge is 2.66. The summed E-state index contributed by atoms with van der Waals surface area (Å²) in [5, 5.41) is 16.3. The van der Waals surface area contributed by atoms with Crippen LogP contribution < -0.4 is 5.32 Å². The zero-order valence-corrected chi connectivity index (χ0v) is 16.1. The van der Waals surface area contributed by atoms with Crippen molar-refractivity contribution in [3.63, 3.8) is 0 Å². The molecule has 0 saturated heterocycles. The first-order valence-electron chi connectivity index (χ1n) is 9.20. The van der Waals surface area contributed by atoms with Crippen molar-refractivity contribution in [1.82, 2.24) is 20.4 Å². The third kappa shape index (κ3) is 3.49. The molecule has 28 heavy (non-hydrogen) atoms. The van der Waals surface area contributed by atoms with E-state index in [0.717, 1.165) is 0 Å². The van der Waals surface area contributed by atoms with Crippen LogP contribution in [0.4, 0.5) is 0 Å². The number of carbonyl (C=O) groups is 2. The maximum Gasteiger partial charge on any atom is 0.330 e. The van der Waals surface area contributed by atoms with Crippen LogP contribution in [0.2, 0.25) is 0 Å². The van der Waals surface area contributed by atoms with Crippen LogP contribution in [0.1, 0.15) is 39.5 Å². The first kappa shape index (κ1) is 19.9. The molecule has 0 aliphatic heterocycles. The van der Waals surface area contributed by atoms with E-state index in [9.17, 15) is 14.7 Å². The van der Waals surface area contributed by atoms with E-state index in [-0.39, 0.29) is 31.3 Å². The topological polar surface area (TPSA) is 127 Å². The second-order valence-corrected chi connectivity index (χ2v) is 7.36. The Kier molecular flexibility index (Phi) is 5.46. The van der Waals surface area contributed by atoms with Crippen molar-refractivity contribution in [2.75, 3.05) is 6.61 Å². The summed E-state index contributed by atoms with van der Waals surface area (Å²) in [5.74, 6) is -0.807. The number of aryl methyl sites for hydroxylation is 1. The van der Waals surface area contributed by atoms with E-state index in [1.54, 1.807) is 32.2 Å². The molecule has 9 nitrogen and oxygen atoms in total. The normalized spacial score (nSPS) is 23.0. The minimum Gasteiger partial charge on any atom is -0.479 e. The van der Waals surface area contributed by atoms with Gasteiger partial charge in [-0.2, -0.15) is 4.98 Å². The summed E-state index contributed by atoms with van der Waals surface area (Å²) in [7, 11) is 0. The number of rotatable bonds is 8. The molecule has 3 rings (SSSR count). The average Bonchev–Trinajstić information content (AvgIpc) is 3.15. The Morgan fingerprint density at radius 1 is 1.39 bits per heavy atom. The van der Waals surface area contributed by atoms with Crippen molar-refractivity contribution < 1.29 is 24.0 Å².